The third-order valence-corrected chi connectivity index (χ3v) is 6.19. The first-order valence-electron chi connectivity index (χ1n) is 10.9. The molecule has 0 aromatic carbocycles. The molecule has 0 aromatic heterocycles. The van der Waals surface area contributed by atoms with Crippen molar-refractivity contribution in [3.05, 3.63) is 12.3 Å². The van der Waals surface area contributed by atoms with Gasteiger partial charge in [0, 0.05) is 38.9 Å². The highest BCUT2D eigenvalue weighted by Gasteiger charge is 2.49. The van der Waals surface area contributed by atoms with Gasteiger partial charge in [-0.2, -0.15) is 0 Å². The molecule has 2 saturated heterocycles. The molecular weight excluding hydrogens is 416 g/mol. The average molecular weight is 446 g/mol. The fourth-order valence-electron chi connectivity index (χ4n) is 4.24. The minimum atomic E-state index is -0.764. The van der Waals surface area contributed by atoms with E-state index in [-0.39, 0.29) is 18.4 Å². The number of amides is 5. The minimum absolute atomic E-state index is 0.186. The van der Waals surface area contributed by atoms with Crippen LogP contribution >= 0.6 is 0 Å². The first-order chi connectivity index (χ1) is 15.4. The summed E-state index contributed by atoms with van der Waals surface area (Å²) in [6, 6.07) is -0.582. The number of nitrogens with zero attached hydrogens (tertiary/aromatic N) is 5. The van der Waals surface area contributed by atoms with Crippen molar-refractivity contribution in [3.63, 3.8) is 0 Å². The summed E-state index contributed by atoms with van der Waals surface area (Å²) in [6.45, 7) is 2.66. The zero-order chi connectivity index (χ0) is 22.8. The van der Waals surface area contributed by atoms with Gasteiger partial charge in [-0.3, -0.25) is 24.2 Å². The molecule has 4 rings (SSSR count). The van der Waals surface area contributed by atoms with Crippen LogP contribution in [0.5, 0.6) is 0 Å². The summed E-state index contributed by atoms with van der Waals surface area (Å²) in [7, 11) is 3.08. The maximum absolute atomic E-state index is 13.4. The van der Waals surface area contributed by atoms with Crippen LogP contribution < -0.4 is 5.32 Å². The molecule has 32 heavy (non-hydrogen) atoms. The molecule has 1 atom stereocenters. The van der Waals surface area contributed by atoms with Crippen LogP contribution in [0.15, 0.2) is 17.3 Å². The Labute approximate surface area is 186 Å². The predicted molar refractivity (Wildman–Crippen MR) is 114 cm³/mol. The van der Waals surface area contributed by atoms with Crippen LogP contribution in [0, 0.1) is 11.8 Å². The van der Waals surface area contributed by atoms with Crippen LogP contribution in [0.3, 0.4) is 0 Å². The van der Waals surface area contributed by atoms with E-state index < -0.39 is 23.8 Å². The van der Waals surface area contributed by atoms with E-state index in [9.17, 15) is 19.2 Å². The van der Waals surface area contributed by atoms with Gasteiger partial charge in [0.15, 0.2) is 24.7 Å². The topological polar surface area (TPSA) is 115 Å². The number of fused-ring (bicyclic) bond motifs is 1. The Morgan fingerprint density at radius 1 is 1.25 bits per heavy atom. The highest BCUT2D eigenvalue weighted by molar-refractivity contribution is 6.31. The fourth-order valence-corrected chi connectivity index (χ4v) is 4.24. The third-order valence-electron chi connectivity index (χ3n) is 6.19. The molecule has 1 saturated carbocycles. The zero-order valence-electron chi connectivity index (χ0n) is 18.5. The summed E-state index contributed by atoms with van der Waals surface area (Å²) in [5.41, 5.74) is 0.739. The summed E-state index contributed by atoms with van der Waals surface area (Å²) < 4.78 is 6.98. The normalized spacial score (nSPS) is 23.4. The van der Waals surface area contributed by atoms with Crippen molar-refractivity contribution in [2.75, 3.05) is 60.0 Å². The number of carbonyl (C=O) groups excluding carboxylic acids is 4. The number of nitrogens with one attached hydrogen (secondary N) is 1. The third kappa shape index (κ3) is 4.29. The Bertz CT molecular complexity index is 912. The van der Waals surface area contributed by atoms with Crippen LogP contribution in [0.1, 0.15) is 12.8 Å². The maximum Gasteiger partial charge on any atom is 0.332 e. The first kappa shape index (κ1) is 22.1. The smallest absolute Gasteiger partial charge is 0.332 e. The number of hydrogen-bond donors (Lipinski definition) is 1. The van der Waals surface area contributed by atoms with Gasteiger partial charge in [0.1, 0.15) is 12.4 Å². The van der Waals surface area contributed by atoms with Gasteiger partial charge in [-0.15, -0.1) is 0 Å². The lowest BCUT2D eigenvalue weighted by atomic mass is 9.94. The van der Waals surface area contributed by atoms with Crippen molar-refractivity contribution in [2.45, 2.75) is 12.8 Å². The molecule has 11 nitrogen and oxygen atoms in total. The summed E-state index contributed by atoms with van der Waals surface area (Å²) in [4.78, 5) is 59.2. The van der Waals surface area contributed by atoms with E-state index in [1.807, 2.05) is 4.90 Å². The van der Waals surface area contributed by atoms with E-state index in [1.165, 1.54) is 12.0 Å². The molecule has 11 heteroatoms. The number of allylic oxidation sites excluding steroid dienone is 1. The van der Waals surface area contributed by atoms with Crippen molar-refractivity contribution in [3.8, 4) is 0 Å². The van der Waals surface area contributed by atoms with Gasteiger partial charge in [-0.1, -0.05) is 0 Å². The highest BCUT2D eigenvalue weighted by Crippen LogP contribution is 2.31. The molecule has 3 aliphatic heterocycles. The quantitative estimate of drug-likeness (QED) is 0.411. The first-order valence-corrected chi connectivity index (χ1v) is 10.9. The predicted octanol–water partition coefficient (Wildman–Crippen LogP) is -1.11. The largest absolute Gasteiger partial charge is 0.383 e. The van der Waals surface area contributed by atoms with E-state index in [4.69, 9.17) is 4.74 Å². The summed E-state index contributed by atoms with van der Waals surface area (Å²) in [5, 5.41) is 2.64. The number of ether oxygens (including phenoxy) is 1. The van der Waals surface area contributed by atoms with Gasteiger partial charge >= 0.3 is 6.03 Å². The van der Waals surface area contributed by atoms with Crippen LogP contribution in [-0.2, 0) is 19.1 Å². The van der Waals surface area contributed by atoms with Gasteiger partial charge in [-0.05, 0) is 12.8 Å². The molecule has 0 spiro atoms. The van der Waals surface area contributed by atoms with Crippen molar-refractivity contribution in [2.24, 2.45) is 16.8 Å². The van der Waals surface area contributed by atoms with E-state index >= 15 is 0 Å². The van der Waals surface area contributed by atoms with Gasteiger partial charge in [0.2, 0.25) is 11.8 Å². The number of piperazine rings is 1. The molecule has 1 N–H and O–H groups in total. The van der Waals surface area contributed by atoms with Gasteiger partial charge < -0.3 is 15.0 Å². The lowest BCUT2D eigenvalue weighted by Crippen LogP contribution is -2.63. The minimum Gasteiger partial charge on any atom is -0.383 e. The van der Waals surface area contributed by atoms with Crippen molar-refractivity contribution < 1.29 is 28.5 Å². The Balaban J connectivity index is 1.51. The summed E-state index contributed by atoms with van der Waals surface area (Å²) >= 11 is 0. The lowest BCUT2D eigenvalue weighted by Gasteiger charge is -2.37. The van der Waals surface area contributed by atoms with Crippen molar-refractivity contribution >= 4 is 35.3 Å². The number of imide groups is 1. The molecule has 0 aromatic rings. The molecule has 172 valence electrons. The number of aliphatic imine (C=N–C) groups is 1. The van der Waals surface area contributed by atoms with Gasteiger partial charge in [0.05, 0.1) is 19.7 Å². The average Bonchev–Trinajstić information content (AvgIpc) is 3.65. The van der Waals surface area contributed by atoms with Gasteiger partial charge in [0.25, 0.3) is 5.91 Å². The summed E-state index contributed by atoms with van der Waals surface area (Å²) in [5.74, 6) is -0.904. The van der Waals surface area contributed by atoms with Crippen LogP contribution in [0.2, 0.25) is 0 Å². The van der Waals surface area contributed by atoms with Crippen molar-refractivity contribution in [1.82, 2.24) is 20.0 Å². The van der Waals surface area contributed by atoms with E-state index in [0.29, 0.717) is 45.2 Å². The molecule has 3 heterocycles. The number of carbonyl (C=O) groups is 4. The maximum atomic E-state index is 13.4. The second kappa shape index (κ2) is 9.19. The van der Waals surface area contributed by atoms with Crippen LogP contribution in [-0.4, -0.2) is 115 Å². The molecule has 1 aliphatic carbocycles. The van der Waals surface area contributed by atoms with E-state index in [2.05, 4.69) is 14.9 Å². The second-order valence-corrected chi connectivity index (χ2v) is 8.36. The number of hydrogen-bond acceptors (Lipinski definition) is 6. The summed E-state index contributed by atoms with van der Waals surface area (Å²) in [6.07, 6.45) is 5.33. The van der Waals surface area contributed by atoms with Crippen LogP contribution in [0.4, 0.5) is 4.79 Å². The molecule has 0 bridgehead atoms. The fraction of sp³-hybridized carbons (Fsp3) is 0.619. The Morgan fingerprint density at radius 3 is 2.62 bits per heavy atom. The zero-order valence-corrected chi connectivity index (χ0v) is 18.5. The highest BCUT2D eigenvalue weighted by atomic mass is 16.5. The molecule has 0 radical (unpaired) electrons. The Hall–Kier alpha value is -3.08. The Kier molecular flexibility index (Phi) is 6.35. The van der Waals surface area contributed by atoms with Crippen molar-refractivity contribution in [1.29, 1.82) is 0 Å². The molecule has 3 fully saturated rings. The van der Waals surface area contributed by atoms with E-state index in [1.54, 1.807) is 19.3 Å². The van der Waals surface area contributed by atoms with Crippen LogP contribution in [0.25, 0.3) is 0 Å². The number of urea groups is 1. The molecule has 1 unspecified atom stereocenters. The molecule has 5 amide bonds. The molecular formula is C21H29N6O5+. The SMILES string of the molecule is COCCNC(=O)CN1C(=O)C2C(=NC=CC2=[N+]2CCN(C(=O)C3CC3)CC2)N(C)C1=O. The lowest BCUT2D eigenvalue weighted by molar-refractivity contribution is -0.539. The second-order valence-electron chi connectivity index (χ2n) is 8.36. The number of rotatable bonds is 6. The van der Waals surface area contributed by atoms with Gasteiger partial charge in [-0.25, -0.2) is 14.4 Å². The standard InChI is InChI=1S/C21H28N6O5/c1-24-18-17(20(30)27(21(24)31)13-16(28)22-7-12-32-2)15(5-6-23-18)25-8-10-26(11-9-25)19(29)14-3-4-14/h5-6,14,17H,3-4,7-13H2,1-2H3/p+1. The number of amidine groups is 1. The Morgan fingerprint density at radius 2 is 1.97 bits per heavy atom. The monoisotopic (exact) mass is 445 g/mol. The van der Waals surface area contributed by atoms with E-state index in [0.717, 1.165) is 23.5 Å². The molecule has 4 aliphatic rings. The number of methoxy groups -OCH3 is 1.